The summed E-state index contributed by atoms with van der Waals surface area (Å²) in [5.74, 6) is 1.02. The average molecular weight is 628 g/mol. The Hall–Kier alpha value is -1.15. The minimum absolute atomic E-state index is 0.0372. The lowest BCUT2D eigenvalue weighted by Gasteiger charge is -2.64. The van der Waals surface area contributed by atoms with E-state index in [1.165, 1.54) is 14.0 Å². The summed E-state index contributed by atoms with van der Waals surface area (Å²) in [5, 5.41) is 12.0. The lowest BCUT2D eigenvalue weighted by molar-refractivity contribution is -0.203. The molecule has 7 nitrogen and oxygen atoms in total. The van der Waals surface area contributed by atoms with Crippen molar-refractivity contribution >= 4 is 33.8 Å². The van der Waals surface area contributed by atoms with E-state index < -0.39 is 11.5 Å². The molecule has 0 aromatic rings. The van der Waals surface area contributed by atoms with Crippen LogP contribution in [0.4, 0.5) is 0 Å². The van der Waals surface area contributed by atoms with Gasteiger partial charge in [-0.15, -0.1) is 0 Å². The van der Waals surface area contributed by atoms with Gasteiger partial charge < -0.3 is 19.3 Å². The van der Waals surface area contributed by atoms with E-state index in [0.29, 0.717) is 37.2 Å². The van der Waals surface area contributed by atoms with Crippen LogP contribution in [0, 0.1) is 51.8 Å². The molecule has 4 rings (SSSR count). The second-order valence-electron chi connectivity index (χ2n) is 14.7. The Morgan fingerprint density at radius 2 is 1.75 bits per heavy atom. The molecule has 0 unspecified atom stereocenters. The Balaban J connectivity index is 1.64. The van der Waals surface area contributed by atoms with Gasteiger partial charge in [0.25, 0.3) is 0 Å². The van der Waals surface area contributed by atoms with Gasteiger partial charge in [0.05, 0.1) is 25.2 Å². The van der Waals surface area contributed by atoms with Gasteiger partial charge in [-0.25, -0.2) is 0 Å². The molecular formula is C32H51BrO7. The molecule has 0 aromatic carbocycles. The summed E-state index contributed by atoms with van der Waals surface area (Å²) in [7, 11) is 1.45. The first-order chi connectivity index (χ1) is 18.7. The second kappa shape index (κ2) is 11.9. The topological polar surface area (TPSA) is 99.1 Å². The third kappa shape index (κ3) is 5.74. The van der Waals surface area contributed by atoms with Crippen molar-refractivity contribution in [3.05, 3.63) is 0 Å². The van der Waals surface area contributed by atoms with Crippen molar-refractivity contribution in [3.63, 3.8) is 0 Å². The van der Waals surface area contributed by atoms with Gasteiger partial charge in [-0.1, -0.05) is 29.8 Å². The van der Waals surface area contributed by atoms with Crippen molar-refractivity contribution in [2.45, 2.75) is 116 Å². The molecule has 4 aliphatic rings. The van der Waals surface area contributed by atoms with E-state index in [-0.39, 0.29) is 57.4 Å². The molecule has 0 aromatic heterocycles. The molecule has 228 valence electrons. The number of esters is 3. The molecule has 0 radical (unpaired) electrons. The molecule has 0 spiro atoms. The third-order valence-electron chi connectivity index (χ3n) is 11.6. The molecular weight excluding hydrogens is 576 g/mol. The highest BCUT2D eigenvalue weighted by Crippen LogP contribution is 2.69. The van der Waals surface area contributed by atoms with Crippen LogP contribution in [0.2, 0.25) is 0 Å². The van der Waals surface area contributed by atoms with Crippen molar-refractivity contribution in [3.8, 4) is 0 Å². The van der Waals surface area contributed by atoms with Gasteiger partial charge in [0.1, 0.15) is 6.10 Å². The summed E-state index contributed by atoms with van der Waals surface area (Å²) in [5.41, 5.74) is -0.770. The monoisotopic (exact) mass is 626 g/mol. The van der Waals surface area contributed by atoms with Crippen molar-refractivity contribution in [2.75, 3.05) is 13.7 Å². The van der Waals surface area contributed by atoms with Gasteiger partial charge in [0, 0.05) is 23.6 Å². The van der Waals surface area contributed by atoms with E-state index >= 15 is 0 Å². The fourth-order valence-corrected chi connectivity index (χ4v) is 10.7. The molecule has 4 aliphatic carbocycles. The standard InChI is InChI=1S/C32H51BrO7/c1-18(8-11-25(35)38-7)21-9-10-22-26-23(13-14-31(21,22)6)32(17-39-29(37)30(3,4)5)15-12-20(40-19(2)34)16-24(32)27(33)28(26)36/h18,20-24,26-28,36H,8-17H2,1-7H3/t18-,20-,21-,22+,23+,24+,26+,27+,28+,31-,32+/m1/s1. The Kier molecular flexibility index (Phi) is 9.42. The number of hydrogen-bond acceptors (Lipinski definition) is 7. The number of alkyl halides is 1. The van der Waals surface area contributed by atoms with Gasteiger partial charge in [-0.3, -0.25) is 14.4 Å². The highest BCUT2D eigenvalue weighted by atomic mass is 79.9. The van der Waals surface area contributed by atoms with Crippen LogP contribution in [0.15, 0.2) is 0 Å². The molecule has 0 heterocycles. The highest BCUT2D eigenvalue weighted by Gasteiger charge is 2.67. The Bertz CT molecular complexity index is 961. The number of aliphatic hydroxyl groups is 1. The van der Waals surface area contributed by atoms with Gasteiger partial charge >= 0.3 is 17.9 Å². The van der Waals surface area contributed by atoms with Gasteiger partial charge in [-0.2, -0.15) is 0 Å². The minimum atomic E-state index is -0.591. The summed E-state index contributed by atoms with van der Waals surface area (Å²) in [6, 6.07) is 0. The second-order valence-corrected chi connectivity index (χ2v) is 15.8. The number of ether oxygens (including phenoxy) is 3. The zero-order chi connectivity index (χ0) is 29.6. The summed E-state index contributed by atoms with van der Waals surface area (Å²) >= 11 is 3.96. The molecule has 4 saturated carbocycles. The maximum absolute atomic E-state index is 13.0. The fourth-order valence-electron chi connectivity index (χ4n) is 9.62. The number of carbonyl (C=O) groups is 3. The van der Waals surface area contributed by atoms with E-state index in [4.69, 9.17) is 14.2 Å². The minimum Gasteiger partial charge on any atom is -0.469 e. The molecule has 11 atom stereocenters. The molecule has 0 amide bonds. The highest BCUT2D eigenvalue weighted by molar-refractivity contribution is 9.09. The van der Waals surface area contributed by atoms with Gasteiger partial charge in [0.2, 0.25) is 0 Å². The average Bonchev–Trinajstić information content (AvgIpc) is 3.25. The van der Waals surface area contributed by atoms with Crippen LogP contribution >= 0.6 is 15.9 Å². The van der Waals surface area contributed by atoms with Crippen molar-refractivity contribution in [2.24, 2.45) is 51.8 Å². The molecule has 0 saturated heterocycles. The number of fused-ring (bicyclic) bond motifs is 5. The number of carbonyl (C=O) groups excluding carboxylic acids is 3. The first kappa shape index (κ1) is 31.8. The van der Waals surface area contributed by atoms with E-state index in [9.17, 15) is 19.5 Å². The predicted octanol–water partition coefficient (Wildman–Crippen LogP) is 6.08. The maximum atomic E-state index is 13.0. The lowest BCUT2D eigenvalue weighted by Crippen LogP contribution is -2.65. The molecule has 40 heavy (non-hydrogen) atoms. The molecule has 0 bridgehead atoms. The van der Waals surface area contributed by atoms with E-state index in [1.54, 1.807) is 0 Å². The largest absolute Gasteiger partial charge is 0.469 e. The number of rotatable bonds is 7. The van der Waals surface area contributed by atoms with Crippen LogP contribution in [0.1, 0.15) is 99.3 Å². The Morgan fingerprint density at radius 1 is 1.05 bits per heavy atom. The zero-order valence-electron chi connectivity index (χ0n) is 25.5. The van der Waals surface area contributed by atoms with Gasteiger partial charge in [-0.05, 0) is 113 Å². The lowest BCUT2D eigenvalue weighted by atomic mass is 9.43. The quantitative estimate of drug-likeness (QED) is 0.208. The van der Waals surface area contributed by atoms with Crippen molar-refractivity contribution in [1.82, 2.24) is 0 Å². The Labute approximate surface area is 249 Å². The molecule has 1 N–H and O–H groups in total. The third-order valence-corrected chi connectivity index (χ3v) is 12.8. The zero-order valence-corrected chi connectivity index (χ0v) is 27.1. The summed E-state index contributed by atoms with van der Waals surface area (Å²) in [6.45, 7) is 12.1. The number of halogens is 1. The number of aliphatic hydroxyl groups excluding tert-OH is 1. The van der Waals surface area contributed by atoms with E-state index in [1.807, 2.05) is 20.8 Å². The van der Waals surface area contributed by atoms with E-state index in [2.05, 4.69) is 29.8 Å². The smallest absolute Gasteiger partial charge is 0.311 e. The van der Waals surface area contributed by atoms with Gasteiger partial charge in [0.15, 0.2) is 0 Å². The normalized spacial score (nSPS) is 41.6. The summed E-state index contributed by atoms with van der Waals surface area (Å²) in [6.07, 6.45) is 7.02. The SMILES string of the molecule is COC(=O)CC[C@@H](C)[C@H]1CC[C@H]2[C@@H]3[C@H](O)[C@@H](Br)[C@@H]4C[C@H](OC(C)=O)CC[C@]4(COC(=O)C(C)(C)C)[C@H]3CC[C@]12C. The number of hydrogen-bond donors (Lipinski definition) is 1. The first-order valence-electron chi connectivity index (χ1n) is 15.4. The molecule has 8 heteroatoms. The van der Waals surface area contributed by atoms with Crippen LogP contribution in [-0.4, -0.2) is 53.8 Å². The maximum Gasteiger partial charge on any atom is 0.311 e. The van der Waals surface area contributed by atoms with Crippen molar-refractivity contribution < 1.29 is 33.7 Å². The van der Waals surface area contributed by atoms with Crippen LogP contribution in [-0.2, 0) is 28.6 Å². The van der Waals surface area contributed by atoms with Crippen LogP contribution < -0.4 is 0 Å². The van der Waals surface area contributed by atoms with Crippen LogP contribution in [0.25, 0.3) is 0 Å². The summed E-state index contributed by atoms with van der Waals surface area (Å²) in [4.78, 5) is 36.5. The first-order valence-corrected chi connectivity index (χ1v) is 16.3. The molecule has 4 fully saturated rings. The van der Waals surface area contributed by atoms with Crippen LogP contribution in [0.3, 0.4) is 0 Å². The van der Waals surface area contributed by atoms with Crippen molar-refractivity contribution in [1.29, 1.82) is 0 Å². The Morgan fingerprint density at radius 3 is 2.38 bits per heavy atom. The van der Waals surface area contributed by atoms with Crippen LogP contribution in [0.5, 0.6) is 0 Å². The van der Waals surface area contributed by atoms with E-state index in [0.717, 1.165) is 44.9 Å². The number of methoxy groups -OCH3 is 1. The predicted molar refractivity (Wildman–Crippen MR) is 155 cm³/mol. The fraction of sp³-hybridized carbons (Fsp3) is 0.906. The molecule has 0 aliphatic heterocycles. The summed E-state index contributed by atoms with van der Waals surface area (Å²) < 4.78 is 16.7.